The predicted octanol–water partition coefficient (Wildman–Crippen LogP) is 0.619. The van der Waals surface area contributed by atoms with Crippen molar-refractivity contribution in [2.75, 3.05) is 33.7 Å². The van der Waals surface area contributed by atoms with Gasteiger partial charge >= 0.3 is 0 Å². The Bertz CT molecular complexity index is 773. The third-order valence-electron chi connectivity index (χ3n) is 5.43. The summed E-state index contributed by atoms with van der Waals surface area (Å²) < 4.78 is 29.7. The Labute approximate surface area is 155 Å². The lowest BCUT2D eigenvalue weighted by Crippen LogP contribution is -2.48. The van der Waals surface area contributed by atoms with Crippen LogP contribution in [0, 0.1) is 19.8 Å². The summed E-state index contributed by atoms with van der Waals surface area (Å²) in [6, 6.07) is 1.97. The van der Waals surface area contributed by atoms with Gasteiger partial charge in [-0.05, 0) is 38.7 Å². The first-order chi connectivity index (χ1) is 12.2. The van der Waals surface area contributed by atoms with Crippen molar-refractivity contribution in [2.45, 2.75) is 45.7 Å². The molecule has 1 amide bonds. The van der Waals surface area contributed by atoms with Gasteiger partial charge in [-0.1, -0.05) is 0 Å². The maximum Gasteiger partial charge on any atom is 0.281 e. The quantitative estimate of drug-likeness (QED) is 0.747. The Balaban J connectivity index is 1.68. The molecule has 3 aliphatic heterocycles. The summed E-state index contributed by atoms with van der Waals surface area (Å²) in [5.74, 6) is 0.303. The molecule has 2 bridgehead atoms. The molecule has 1 aromatic rings. The van der Waals surface area contributed by atoms with Crippen molar-refractivity contribution in [1.82, 2.24) is 23.3 Å². The second-order valence-corrected chi connectivity index (χ2v) is 9.79. The van der Waals surface area contributed by atoms with Crippen molar-refractivity contribution in [3.63, 3.8) is 0 Å². The van der Waals surface area contributed by atoms with E-state index < -0.39 is 10.2 Å². The highest BCUT2D eigenvalue weighted by molar-refractivity contribution is 7.86. The molecule has 1 aromatic heterocycles. The van der Waals surface area contributed by atoms with Crippen LogP contribution < -0.4 is 0 Å². The second kappa shape index (κ2) is 7.28. The minimum Gasteiger partial charge on any atom is -0.338 e. The van der Waals surface area contributed by atoms with Crippen LogP contribution in [-0.4, -0.2) is 77.4 Å². The molecule has 0 spiro atoms. The molecular weight excluding hydrogens is 354 g/mol. The maximum absolute atomic E-state index is 12.8. The topological polar surface area (TPSA) is 78.8 Å². The zero-order valence-corrected chi connectivity index (χ0v) is 16.9. The molecular formula is C17H29N5O3S. The van der Waals surface area contributed by atoms with Gasteiger partial charge in [0.15, 0.2) is 0 Å². The van der Waals surface area contributed by atoms with Gasteiger partial charge in [0, 0.05) is 58.4 Å². The summed E-state index contributed by atoms with van der Waals surface area (Å²) in [4.78, 5) is 14.7. The number of amides is 1. The number of aryl methyl sites for hydroxylation is 3. The lowest BCUT2D eigenvalue weighted by molar-refractivity contribution is -0.135. The maximum atomic E-state index is 12.8. The van der Waals surface area contributed by atoms with E-state index in [9.17, 15) is 13.2 Å². The summed E-state index contributed by atoms with van der Waals surface area (Å²) in [5.41, 5.74) is 2.00. The molecule has 0 radical (unpaired) electrons. The second-order valence-electron chi connectivity index (χ2n) is 7.65. The van der Waals surface area contributed by atoms with Crippen molar-refractivity contribution in [3.8, 4) is 0 Å². The fourth-order valence-electron chi connectivity index (χ4n) is 4.01. The lowest BCUT2D eigenvalue weighted by Gasteiger charge is -2.36. The number of piperidine rings is 1. The number of carbonyl (C=O) groups excluding carboxylic acids is 1. The monoisotopic (exact) mass is 383 g/mol. The van der Waals surface area contributed by atoms with Crippen LogP contribution in [0.15, 0.2) is 6.07 Å². The molecule has 3 saturated heterocycles. The van der Waals surface area contributed by atoms with E-state index in [4.69, 9.17) is 0 Å². The van der Waals surface area contributed by atoms with Gasteiger partial charge in [-0.25, -0.2) is 0 Å². The Hall–Kier alpha value is -1.45. The Morgan fingerprint density at radius 2 is 1.96 bits per heavy atom. The van der Waals surface area contributed by atoms with Crippen molar-refractivity contribution < 1.29 is 13.2 Å². The van der Waals surface area contributed by atoms with E-state index >= 15 is 0 Å². The molecule has 26 heavy (non-hydrogen) atoms. The fourth-order valence-corrected chi connectivity index (χ4v) is 5.23. The van der Waals surface area contributed by atoms with Crippen LogP contribution in [0.1, 0.15) is 30.7 Å². The number of carbonyl (C=O) groups is 1. The predicted molar refractivity (Wildman–Crippen MR) is 98.7 cm³/mol. The van der Waals surface area contributed by atoms with E-state index in [1.54, 1.807) is 18.4 Å². The van der Waals surface area contributed by atoms with Crippen LogP contribution >= 0.6 is 0 Å². The number of nitrogens with zero attached hydrogens (tertiary/aromatic N) is 5. The molecule has 0 saturated carbocycles. The zero-order valence-electron chi connectivity index (χ0n) is 16.1. The number of hydrogen-bond acceptors (Lipinski definition) is 4. The molecule has 0 N–H and O–H groups in total. The van der Waals surface area contributed by atoms with Gasteiger partial charge in [-0.3, -0.25) is 9.48 Å². The van der Waals surface area contributed by atoms with Gasteiger partial charge in [0.05, 0.1) is 5.69 Å². The molecule has 0 aliphatic carbocycles. The lowest BCUT2D eigenvalue weighted by atomic mass is 9.95. The summed E-state index contributed by atoms with van der Waals surface area (Å²) in [6.07, 6.45) is 2.24. The van der Waals surface area contributed by atoms with E-state index in [-0.39, 0.29) is 17.9 Å². The molecule has 0 aromatic carbocycles. The molecule has 3 fully saturated rings. The van der Waals surface area contributed by atoms with Crippen molar-refractivity contribution in [2.24, 2.45) is 5.92 Å². The molecule has 0 unspecified atom stereocenters. The van der Waals surface area contributed by atoms with Crippen molar-refractivity contribution >= 4 is 16.1 Å². The van der Waals surface area contributed by atoms with E-state index in [1.807, 2.05) is 29.5 Å². The average Bonchev–Trinajstić information content (AvgIpc) is 2.76. The summed E-state index contributed by atoms with van der Waals surface area (Å²) in [6.45, 7) is 6.04. The third kappa shape index (κ3) is 3.79. The Morgan fingerprint density at radius 3 is 2.58 bits per heavy atom. The molecule has 4 heterocycles. The number of fused-ring (bicyclic) bond motifs is 4. The molecule has 8 nitrogen and oxygen atoms in total. The third-order valence-corrected chi connectivity index (χ3v) is 7.30. The Kier molecular flexibility index (Phi) is 5.41. The summed E-state index contributed by atoms with van der Waals surface area (Å²) in [7, 11) is -0.332. The van der Waals surface area contributed by atoms with Crippen LogP contribution in [0.25, 0.3) is 0 Å². The van der Waals surface area contributed by atoms with Gasteiger partial charge < -0.3 is 4.90 Å². The number of hydrogen-bond donors (Lipinski definition) is 0. The minimum absolute atomic E-state index is 0.0311. The van der Waals surface area contributed by atoms with Crippen molar-refractivity contribution in [1.29, 1.82) is 0 Å². The van der Waals surface area contributed by atoms with Crippen LogP contribution in [0.2, 0.25) is 0 Å². The highest BCUT2D eigenvalue weighted by Crippen LogP contribution is 2.30. The highest BCUT2D eigenvalue weighted by atomic mass is 32.2. The van der Waals surface area contributed by atoms with Gasteiger partial charge in [0.2, 0.25) is 5.91 Å². The SMILES string of the molecule is Cc1cc(C)n(CCC(=O)N2C[C@@H]3CC[C@H]2CN(S(=O)(=O)N(C)C)C3)n1. The van der Waals surface area contributed by atoms with Gasteiger partial charge in [-0.15, -0.1) is 0 Å². The molecule has 2 atom stereocenters. The van der Waals surface area contributed by atoms with Gasteiger partial charge in [-0.2, -0.15) is 22.1 Å². The van der Waals surface area contributed by atoms with Gasteiger partial charge in [0.1, 0.15) is 0 Å². The standard InChI is InChI=1S/C17H29N5O3S/c1-13-9-14(2)22(18-13)8-7-17(23)21-11-15-5-6-16(21)12-20(10-15)26(24,25)19(3)4/h9,15-16H,5-8,10-12H2,1-4H3/t15-,16+/m1/s1. The van der Waals surface area contributed by atoms with E-state index in [0.29, 0.717) is 32.6 Å². The zero-order chi connectivity index (χ0) is 19.1. The first kappa shape index (κ1) is 19.3. The first-order valence-electron chi connectivity index (χ1n) is 9.16. The summed E-state index contributed by atoms with van der Waals surface area (Å²) in [5, 5.41) is 4.41. The van der Waals surface area contributed by atoms with E-state index in [0.717, 1.165) is 24.2 Å². The van der Waals surface area contributed by atoms with Crippen LogP contribution in [0.3, 0.4) is 0 Å². The van der Waals surface area contributed by atoms with Crippen molar-refractivity contribution in [3.05, 3.63) is 17.5 Å². The fraction of sp³-hybridized carbons (Fsp3) is 0.765. The largest absolute Gasteiger partial charge is 0.338 e. The van der Waals surface area contributed by atoms with E-state index in [2.05, 4.69) is 5.10 Å². The first-order valence-corrected chi connectivity index (χ1v) is 10.6. The summed E-state index contributed by atoms with van der Waals surface area (Å²) >= 11 is 0. The molecule has 3 aliphatic rings. The van der Waals surface area contributed by atoms with Crippen LogP contribution in [0.5, 0.6) is 0 Å². The highest BCUT2D eigenvalue weighted by Gasteiger charge is 2.41. The Morgan fingerprint density at radius 1 is 1.23 bits per heavy atom. The number of rotatable bonds is 5. The van der Waals surface area contributed by atoms with Crippen LogP contribution in [-0.2, 0) is 21.5 Å². The van der Waals surface area contributed by atoms with Gasteiger partial charge in [0.25, 0.3) is 10.2 Å². The smallest absolute Gasteiger partial charge is 0.281 e. The average molecular weight is 384 g/mol. The van der Waals surface area contributed by atoms with Crippen LogP contribution in [0.4, 0.5) is 0 Å². The molecule has 146 valence electrons. The molecule has 9 heteroatoms. The van der Waals surface area contributed by atoms with E-state index in [1.165, 1.54) is 4.31 Å². The number of aromatic nitrogens is 2. The minimum atomic E-state index is -3.44. The normalized spacial score (nSPS) is 24.3. The molecule has 4 rings (SSSR count).